The van der Waals surface area contributed by atoms with Crippen LogP contribution >= 0.6 is 15.9 Å². The number of aromatic nitrogens is 1. The van der Waals surface area contributed by atoms with Crippen molar-refractivity contribution in [3.8, 4) is 0 Å². The number of carboxylic acid groups (broad SMARTS) is 1. The molecule has 0 radical (unpaired) electrons. The van der Waals surface area contributed by atoms with Crippen LogP contribution in [0, 0.1) is 5.92 Å². The Balaban J connectivity index is 1.87. The fraction of sp³-hybridized carbons (Fsp3) is 0.500. The summed E-state index contributed by atoms with van der Waals surface area (Å²) >= 11 is 3.26. The molecule has 0 aliphatic heterocycles. The Bertz CT molecular complexity index is 591. The first-order chi connectivity index (χ1) is 9.95. The molecule has 0 atom stereocenters. The minimum atomic E-state index is -0.763. The van der Waals surface area contributed by atoms with E-state index in [1.54, 1.807) is 12.3 Å². The van der Waals surface area contributed by atoms with Crippen molar-refractivity contribution in [3.63, 3.8) is 0 Å². The van der Waals surface area contributed by atoms with Gasteiger partial charge < -0.3 is 15.0 Å². The van der Waals surface area contributed by atoms with Crippen LogP contribution in [0.2, 0.25) is 0 Å². The Labute approximate surface area is 130 Å². The standard InChI is InChI=1S/C14H17BrN2O4/c15-10-3-6-13(19)17(7-10)8-12(18)16-11-4-1-9(2-5-11)14(20)21/h3,6-7,9,11H,1-2,4-5,8H2,(H,16,18)(H,20,21). The number of carbonyl (C=O) groups is 2. The van der Waals surface area contributed by atoms with Gasteiger partial charge in [-0.2, -0.15) is 0 Å². The number of nitrogens with zero attached hydrogens (tertiary/aromatic N) is 1. The highest BCUT2D eigenvalue weighted by molar-refractivity contribution is 9.10. The molecule has 1 aliphatic carbocycles. The Hall–Kier alpha value is -1.63. The number of hydrogen-bond donors (Lipinski definition) is 2. The van der Waals surface area contributed by atoms with Crippen molar-refractivity contribution in [1.29, 1.82) is 0 Å². The Morgan fingerprint density at radius 3 is 2.57 bits per heavy atom. The summed E-state index contributed by atoms with van der Waals surface area (Å²) in [5.41, 5.74) is -0.233. The summed E-state index contributed by atoms with van der Waals surface area (Å²) < 4.78 is 2.07. The lowest BCUT2D eigenvalue weighted by Gasteiger charge is -2.26. The molecule has 21 heavy (non-hydrogen) atoms. The molecule has 0 unspecified atom stereocenters. The molecule has 0 saturated heterocycles. The van der Waals surface area contributed by atoms with E-state index in [2.05, 4.69) is 21.2 Å². The van der Waals surface area contributed by atoms with Crippen molar-refractivity contribution >= 4 is 27.8 Å². The number of rotatable bonds is 4. The smallest absolute Gasteiger partial charge is 0.306 e. The fourth-order valence-electron chi connectivity index (χ4n) is 2.54. The summed E-state index contributed by atoms with van der Waals surface area (Å²) in [5, 5.41) is 11.8. The maximum Gasteiger partial charge on any atom is 0.306 e. The average Bonchev–Trinajstić information content (AvgIpc) is 2.43. The van der Waals surface area contributed by atoms with Gasteiger partial charge in [0.15, 0.2) is 0 Å². The Morgan fingerprint density at radius 1 is 1.29 bits per heavy atom. The number of hydrogen-bond acceptors (Lipinski definition) is 3. The summed E-state index contributed by atoms with van der Waals surface area (Å²) in [6.07, 6.45) is 4.06. The van der Waals surface area contributed by atoms with Crippen molar-refractivity contribution < 1.29 is 14.7 Å². The van der Waals surface area contributed by atoms with Gasteiger partial charge in [-0.15, -0.1) is 0 Å². The molecular weight excluding hydrogens is 340 g/mol. The van der Waals surface area contributed by atoms with Gasteiger partial charge in [-0.25, -0.2) is 0 Å². The molecule has 1 saturated carbocycles. The lowest BCUT2D eigenvalue weighted by molar-refractivity contribution is -0.142. The van der Waals surface area contributed by atoms with Gasteiger partial charge >= 0.3 is 5.97 Å². The van der Waals surface area contributed by atoms with E-state index in [0.29, 0.717) is 25.7 Å². The van der Waals surface area contributed by atoms with Crippen LogP contribution in [0.15, 0.2) is 27.6 Å². The minimum absolute atomic E-state index is 0.00375. The largest absolute Gasteiger partial charge is 0.481 e. The molecule has 1 fully saturated rings. The molecule has 1 heterocycles. The van der Waals surface area contributed by atoms with E-state index >= 15 is 0 Å². The molecule has 2 N–H and O–H groups in total. The molecule has 114 valence electrons. The first-order valence-corrected chi connectivity index (χ1v) is 7.63. The van der Waals surface area contributed by atoms with Crippen LogP contribution in [0.1, 0.15) is 25.7 Å². The van der Waals surface area contributed by atoms with Crippen LogP contribution in [-0.4, -0.2) is 27.6 Å². The molecular formula is C14H17BrN2O4. The summed E-state index contributed by atoms with van der Waals surface area (Å²) in [4.78, 5) is 34.4. The third-order valence-corrected chi connectivity index (χ3v) is 4.17. The monoisotopic (exact) mass is 356 g/mol. The summed E-state index contributed by atoms with van der Waals surface area (Å²) in [7, 11) is 0. The topological polar surface area (TPSA) is 88.4 Å². The highest BCUT2D eigenvalue weighted by Gasteiger charge is 2.26. The maximum absolute atomic E-state index is 12.0. The van der Waals surface area contributed by atoms with E-state index in [1.807, 2.05) is 0 Å². The van der Waals surface area contributed by atoms with Gasteiger partial charge in [0.25, 0.3) is 5.56 Å². The summed E-state index contributed by atoms with van der Waals surface area (Å²) in [5.74, 6) is -1.29. The van der Waals surface area contributed by atoms with Gasteiger partial charge in [0.1, 0.15) is 6.54 Å². The quantitative estimate of drug-likeness (QED) is 0.852. The fourth-order valence-corrected chi connectivity index (χ4v) is 2.92. The predicted molar refractivity (Wildman–Crippen MR) is 79.9 cm³/mol. The van der Waals surface area contributed by atoms with E-state index in [0.717, 1.165) is 4.47 Å². The zero-order chi connectivity index (χ0) is 15.4. The molecule has 6 nitrogen and oxygen atoms in total. The van der Waals surface area contributed by atoms with Gasteiger partial charge in [-0.1, -0.05) is 0 Å². The number of nitrogens with one attached hydrogen (secondary N) is 1. The summed E-state index contributed by atoms with van der Waals surface area (Å²) in [6.45, 7) is -0.0306. The third-order valence-electron chi connectivity index (χ3n) is 3.70. The Kier molecular flexibility index (Phi) is 5.17. The highest BCUT2D eigenvalue weighted by atomic mass is 79.9. The molecule has 7 heteroatoms. The highest BCUT2D eigenvalue weighted by Crippen LogP contribution is 2.24. The number of aliphatic carboxylic acids is 1. The van der Waals surface area contributed by atoms with Crippen LogP contribution in [0.3, 0.4) is 0 Å². The van der Waals surface area contributed by atoms with E-state index in [4.69, 9.17) is 5.11 Å². The number of pyridine rings is 1. The summed E-state index contributed by atoms with van der Waals surface area (Å²) in [6, 6.07) is 3.02. The van der Waals surface area contributed by atoms with Crippen molar-refractivity contribution in [3.05, 3.63) is 33.2 Å². The third kappa shape index (κ3) is 4.42. The second-order valence-electron chi connectivity index (χ2n) is 5.27. The molecule has 1 aromatic heterocycles. The van der Waals surface area contributed by atoms with E-state index in [1.165, 1.54) is 10.6 Å². The zero-order valence-corrected chi connectivity index (χ0v) is 13.0. The number of carboxylic acids is 1. The number of amides is 1. The molecule has 1 aromatic rings. The van der Waals surface area contributed by atoms with E-state index in [-0.39, 0.29) is 30.0 Å². The predicted octanol–water partition coefficient (Wildman–Crippen LogP) is 1.37. The molecule has 2 rings (SSSR count). The van der Waals surface area contributed by atoms with Crippen LogP contribution in [-0.2, 0) is 16.1 Å². The lowest BCUT2D eigenvalue weighted by atomic mass is 9.86. The van der Waals surface area contributed by atoms with Gasteiger partial charge in [0.05, 0.1) is 5.92 Å². The maximum atomic E-state index is 12.0. The number of halogens is 1. The van der Waals surface area contributed by atoms with Crippen molar-refractivity contribution in [2.45, 2.75) is 38.3 Å². The van der Waals surface area contributed by atoms with Crippen LogP contribution in [0.4, 0.5) is 0 Å². The lowest BCUT2D eigenvalue weighted by Crippen LogP contribution is -2.41. The van der Waals surface area contributed by atoms with Crippen LogP contribution in [0.5, 0.6) is 0 Å². The SMILES string of the molecule is O=C(Cn1cc(Br)ccc1=O)NC1CCC(C(=O)O)CC1. The molecule has 1 amide bonds. The Morgan fingerprint density at radius 2 is 1.95 bits per heavy atom. The molecule has 0 aromatic carbocycles. The van der Waals surface area contributed by atoms with Gasteiger partial charge in [-0.3, -0.25) is 14.4 Å². The minimum Gasteiger partial charge on any atom is -0.481 e. The van der Waals surface area contributed by atoms with Crippen molar-refractivity contribution in [2.24, 2.45) is 5.92 Å². The van der Waals surface area contributed by atoms with E-state index in [9.17, 15) is 14.4 Å². The van der Waals surface area contributed by atoms with Gasteiger partial charge in [0.2, 0.25) is 5.91 Å². The zero-order valence-electron chi connectivity index (χ0n) is 11.4. The average molecular weight is 357 g/mol. The van der Waals surface area contributed by atoms with Crippen molar-refractivity contribution in [2.75, 3.05) is 0 Å². The van der Waals surface area contributed by atoms with E-state index < -0.39 is 5.97 Å². The second kappa shape index (κ2) is 6.89. The van der Waals surface area contributed by atoms with Gasteiger partial charge in [-0.05, 0) is 47.7 Å². The number of carbonyl (C=O) groups excluding carboxylic acids is 1. The van der Waals surface area contributed by atoms with Crippen LogP contribution < -0.4 is 10.9 Å². The first-order valence-electron chi connectivity index (χ1n) is 6.84. The van der Waals surface area contributed by atoms with Gasteiger partial charge in [0, 0.05) is 22.8 Å². The normalized spacial score (nSPS) is 21.8. The second-order valence-corrected chi connectivity index (χ2v) is 6.18. The molecule has 0 bridgehead atoms. The molecule has 1 aliphatic rings. The van der Waals surface area contributed by atoms with Crippen LogP contribution in [0.25, 0.3) is 0 Å². The van der Waals surface area contributed by atoms with Crippen molar-refractivity contribution in [1.82, 2.24) is 9.88 Å². The first kappa shape index (κ1) is 15.8. The molecule has 0 spiro atoms.